The van der Waals surface area contributed by atoms with Crippen LogP contribution in [0.1, 0.15) is 155 Å². The lowest BCUT2D eigenvalue weighted by Gasteiger charge is -2.28. The molecule has 0 radical (unpaired) electrons. The predicted molar refractivity (Wildman–Crippen MR) is 222 cm³/mol. The number of ether oxygens (including phenoxy) is 2. The third kappa shape index (κ3) is 39.4. The minimum atomic E-state index is -4.63. The fraction of sp³-hybridized carbons (Fsp3) is 0.727. The molecule has 0 rings (SSSR count). The second-order valence-corrected chi connectivity index (χ2v) is 16.6. The smallest absolute Gasteiger partial charge is 0.306 e. The van der Waals surface area contributed by atoms with Crippen molar-refractivity contribution in [3.63, 3.8) is 0 Å². The van der Waals surface area contributed by atoms with Crippen molar-refractivity contribution in [1.29, 1.82) is 0 Å². The van der Waals surface area contributed by atoms with E-state index in [0.29, 0.717) is 23.9 Å². The molecular weight excluding hydrogens is 701 g/mol. The summed E-state index contributed by atoms with van der Waals surface area (Å²) in [4.78, 5) is 37.5. The summed E-state index contributed by atoms with van der Waals surface area (Å²) in [6.07, 6.45) is 41.3. The average molecular weight is 780 g/mol. The highest BCUT2D eigenvalue weighted by molar-refractivity contribution is 7.45. The Morgan fingerprint density at radius 3 is 1.61 bits per heavy atom. The predicted octanol–water partition coefficient (Wildman–Crippen LogP) is 11.1. The number of unbranched alkanes of at least 4 members (excludes halogenated alkanes) is 18. The Balaban J connectivity index is 4.41. The number of phosphoric ester groups is 1. The summed E-state index contributed by atoms with van der Waals surface area (Å²) in [5.74, 6) is -0.868. The summed E-state index contributed by atoms with van der Waals surface area (Å²) < 4.78 is 33.8. The van der Waals surface area contributed by atoms with Gasteiger partial charge in [0.05, 0.1) is 27.7 Å². The van der Waals surface area contributed by atoms with Gasteiger partial charge in [-0.15, -0.1) is 6.58 Å². The Morgan fingerprint density at radius 1 is 0.630 bits per heavy atom. The zero-order valence-electron chi connectivity index (χ0n) is 34.7. The maximum Gasteiger partial charge on any atom is 0.306 e. The van der Waals surface area contributed by atoms with Gasteiger partial charge in [-0.25, -0.2) is 0 Å². The first-order chi connectivity index (χ1) is 26.0. The summed E-state index contributed by atoms with van der Waals surface area (Å²) in [6.45, 7) is 5.56. The molecule has 1 unspecified atom stereocenters. The highest BCUT2D eigenvalue weighted by atomic mass is 31.2. The van der Waals surface area contributed by atoms with Gasteiger partial charge < -0.3 is 27.9 Å². The molecule has 0 aliphatic rings. The van der Waals surface area contributed by atoms with E-state index in [1.807, 2.05) is 57.6 Å². The van der Waals surface area contributed by atoms with Crippen molar-refractivity contribution in [3.05, 3.63) is 61.3 Å². The minimum absolute atomic E-state index is 0.0380. The number of carbonyl (C=O) groups excluding carboxylic acids is 2. The van der Waals surface area contributed by atoms with Gasteiger partial charge in [-0.2, -0.15) is 0 Å². The molecule has 54 heavy (non-hydrogen) atoms. The maximum atomic E-state index is 12.7. The van der Waals surface area contributed by atoms with Gasteiger partial charge in [0, 0.05) is 12.8 Å². The number of rotatable bonds is 38. The molecule has 0 aromatic heterocycles. The largest absolute Gasteiger partial charge is 0.756 e. The molecule has 312 valence electrons. The van der Waals surface area contributed by atoms with E-state index in [1.54, 1.807) is 0 Å². The standard InChI is InChI=1S/C44H78NO8P/c1-6-8-10-12-14-16-18-20-22-24-26-28-30-32-34-36-43(46)50-40-42(41-52-54(48,49)51-39-38-45(3,4)5)53-44(47)37-35-33-31-29-27-25-23-21-19-17-15-13-11-9-7-2/h7-8,10,12,14,16,18,20,22,42H,2,6,9,11,13,15,17,19,21,23-41H2,1,3-5H3/b10-8+,14-12+,18-16+,22-20+/t42-/m1/s1. The second-order valence-electron chi connectivity index (χ2n) is 15.1. The van der Waals surface area contributed by atoms with Crippen LogP contribution in [0.15, 0.2) is 61.3 Å². The molecule has 0 saturated heterocycles. The van der Waals surface area contributed by atoms with Crippen LogP contribution in [0.4, 0.5) is 0 Å². The normalized spacial score (nSPS) is 14.0. The van der Waals surface area contributed by atoms with E-state index in [2.05, 4.69) is 31.7 Å². The molecule has 0 heterocycles. The summed E-state index contributed by atoms with van der Waals surface area (Å²) in [5.41, 5.74) is 0. The van der Waals surface area contributed by atoms with Gasteiger partial charge in [-0.05, 0) is 44.9 Å². The Labute approximate surface area is 330 Å². The summed E-state index contributed by atoms with van der Waals surface area (Å²) in [5, 5.41) is 0. The van der Waals surface area contributed by atoms with E-state index in [9.17, 15) is 19.0 Å². The van der Waals surface area contributed by atoms with Crippen molar-refractivity contribution < 1.29 is 42.1 Å². The molecule has 10 heteroatoms. The van der Waals surface area contributed by atoms with Crippen LogP contribution in [0.25, 0.3) is 0 Å². The first kappa shape index (κ1) is 51.7. The number of carbonyl (C=O) groups is 2. The Kier molecular flexibility index (Phi) is 34.8. The minimum Gasteiger partial charge on any atom is -0.756 e. The van der Waals surface area contributed by atoms with Gasteiger partial charge >= 0.3 is 11.9 Å². The van der Waals surface area contributed by atoms with Gasteiger partial charge in [0.2, 0.25) is 0 Å². The van der Waals surface area contributed by atoms with Crippen LogP contribution in [0.3, 0.4) is 0 Å². The lowest BCUT2D eigenvalue weighted by atomic mass is 10.0. The fourth-order valence-corrected chi connectivity index (χ4v) is 6.20. The number of allylic oxidation sites excluding steroid dienone is 9. The molecule has 0 amide bonds. The van der Waals surface area contributed by atoms with Gasteiger partial charge in [0.1, 0.15) is 19.8 Å². The molecule has 0 aliphatic carbocycles. The Morgan fingerprint density at radius 2 is 1.09 bits per heavy atom. The van der Waals surface area contributed by atoms with Gasteiger partial charge in [0.25, 0.3) is 7.82 Å². The van der Waals surface area contributed by atoms with Crippen LogP contribution in [0, 0.1) is 0 Å². The number of phosphoric acid groups is 1. The molecule has 0 saturated carbocycles. The molecule has 0 N–H and O–H groups in total. The van der Waals surface area contributed by atoms with Crippen LogP contribution < -0.4 is 4.89 Å². The maximum absolute atomic E-state index is 12.7. The lowest BCUT2D eigenvalue weighted by Crippen LogP contribution is -2.37. The van der Waals surface area contributed by atoms with Crippen molar-refractivity contribution in [3.8, 4) is 0 Å². The van der Waals surface area contributed by atoms with Gasteiger partial charge in [-0.3, -0.25) is 14.2 Å². The van der Waals surface area contributed by atoms with Crippen LogP contribution in [-0.2, 0) is 32.7 Å². The van der Waals surface area contributed by atoms with E-state index in [0.717, 1.165) is 64.2 Å². The van der Waals surface area contributed by atoms with E-state index in [-0.39, 0.29) is 26.1 Å². The van der Waals surface area contributed by atoms with Crippen molar-refractivity contribution in [2.45, 2.75) is 161 Å². The van der Waals surface area contributed by atoms with Crippen LogP contribution in [0.2, 0.25) is 0 Å². The molecule has 0 fully saturated rings. The highest BCUT2D eigenvalue weighted by Gasteiger charge is 2.21. The molecule has 9 nitrogen and oxygen atoms in total. The number of hydrogen-bond donors (Lipinski definition) is 0. The molecule has 0 aliphatic heterocycles. The second kappa shape index (κ2) is 36.4. The lowest BCUT2D eigenvalue weighted by molar-refractivity contribution is -0.870. The van der Waals surface area contributed by atoms with E-state index >= 15 is 0 Å². The Bertz CT molecular complexity index is 1090. The zero-order valence-corrected chi connectivity index (χ0v) is 35.6. The van der Waals surface area contributed by atoms with Crippen molar-refractivity contribution in [2.24, 2.45) is 0 Å². The Hall–Kier alpha value is -2.29. The van der Waals surface area contributed by atoms with Crippen LogP contribution in [0.5, 0.6) is 0 Å². The summed E-state index contributed by atoms with van der Waals surface area (Å²) in [6, 6.07) is 0. The number of nitrogens with zero attached hydrogens (tertiary/aromatic N) is 1. The summed E-state index contributed by atoms with van der Waals surface area (Å²) >= 11 is 0. The van der Waals surface area contributed by atoms with Crippen LogP contribution in [-0.4, -0.2) is 70.0 Å². The number of likely N-dealkylation sites (N-methyl/N-ethyl adjacent to an activating group) is 1. The zero-order chi connectivity index (χ0) is 40.0. The fourth-order valence-electron chi connectivity index (χ4n) is 5.47. The first-order valence-electron chi connectivity index (χ1n) is 21.0. The van der Waals surface area contributed by atoms with Crippen molar-refractivity contribution in [1.82, 2.24) is 0 Å². The van der Waals surface area contributed by atoms with Crippen molar-refractivity contribution >= 4 is 19.8 Å². The molecule has 2 atom stereocenters. The first-order valence-corrected chi connectivity index (χ1v) is 22.5. The highest BCUT2D eigenvalue weighted by Crippen LogP contribution is 2.38. The molecule has 0 bridgehead atoms. The number of quaternary nitrogens is 1. The van der Waals surface area contributed by atoms with Gasteiger partial charge in [-0.1, -0.05) is 151 Å². The summed E-state index contributed by atoms with van der Waals surface area (Å²) in [7, 11) is 1.14. The quantitative estimate of drug-likeness (QED) is 0.0152. The molecule has 0 aromatic rings. The monoisotopic (exact) mass is 780 g/mol. The topological polar surface area (TPSA) is 111 Å². The SMILES string of the molecule is C=CCCCCCCCCCCCCCCCC(=O)O[C@H](COC(=O)CCCCCCC/C=C/C=C/C=C/C=C/CC)COP(=O)([O-])OCC[N+](C)(C)C. The van der Waals surface area contributed by atoms with Crippen LogP contribution >= 0.6 is 7.82 Å². The van der Waals surface area contributed by atoms with Gasteiger partial charge in [0.15, 0.2) is 6.10 Å². The van der Waals surface area contributed by atoms with E-state index in [1.165, 1.54) is 57.8 Å². The van der Waals surface area contributed by atoms with E-state index < -0.39 is 32.5 Å². The van der Waals surface area contributed by atoms with E-state index in [4.69, 9.17) is 18.5 Å². The number of esters is 2. The third-order valence-corrected chi connectivity index (χ3v) is 9.73. The van der Waals surface area contributed by atoms with Crippen molar-refractivity contribution in [2.75, 3.05) is 47.5 Å². The average Bonchev–Trinajstić information content (AvgIpc) is 3.12. The number of hydrogen-bond acceptors (Lipinski definition) is 8. The third-order valence-electron chi connectivity index (χ3n) is 8.76. The molecular formula is C44H78NO8P. The molecule has 0 aromatic carbocycles. The molecule has 0 spiro atoms.